The maximum atomic E-state index is 12.7. The molecule has 1 aromatic heterocycles. The van der Waals surface area contributed by atoms with Gasteiger partial charge in [-0.1, -0.05) is 31.5 Å². The molecule has 5 nitrogen and oxygen atoms in total. The summed E-state index contributed by atoms with van der Waals surface area (Å²) >= 11 is 0. The maximum Gasteiger partial charge on any atom is 0.336 e. The molecule has 0 fully saturated rings. The molecule has 0 aliphatic carbocycles. The zero-order valence-electron chi connectivity index (χ0n) is 19.6. The standard InChI is InChI=1S/C26H32N2O3/c1-15(2)21-12-22-20(11-25(30)31-23(22)10-17(21)4)13-28(7)14-24(29)27-26-18(5)8-16(3)9-19(26)6/h8-12,15H,13-14H2,1-7H3,(H,27,29)/p+1. The molecule has 0 saturated carbocycles. The first-order chi connectivity index (χ1) is 14.5. The van der Waals surface area contributed by atoms with E-state index in [1.54, 1.807) is 6.07 Å². The van der Waals surface area contributed by atoms with Gasteiger partial charge in [0.05, 0.1) is 7.05 Å². The normalized spacial score (nSPS) is 12.4. The van der Waals surface area contributed by atoms with Crippen LogP contribution in [0.15, 0.2) is 39.5 Å². The minimum absolute atomic E-state index is 0.0430. The lowest BCUT2D eigenvalue weighted by Gasteiger charge is -2.17. The molecule has 0 radical (unpaired) electrons. The summed E-state index contributed by atoms with van der Waals surface area (Å²) in [6.45, 7) is 13.3. The maximum absolute atomic E-state index is 12.7. The third-order valence-corrected chi connectivity index (χ3v) is 5.73. The summed E-state index contributed by atoms with van der Waals surface area (Å²) in [7, 11) is 1.96. The predicted molar refractivity (Wildman–Crippen MR) is 126 cm³/mol. The van der Waals surface area contributed by atoms with Crippen molar-refractivity contribution in [2.24, 2.45) is 0 Å². The molecule has 0 aliphatic rings. The van der Waals surface area contributed by atoms with Gasteiger partial charge in [0.15, 0.2) is 6.54 Å². The molecule has 0 bridgehead atoms. The molecule has 0 aliphatic heterocycles. The number of quaternary nitrogens is 1. The van der Waals surface area contributed by atoms with Crippen molar-refractivity contribution in [3.63, 3.8) is 0 Å². The highest BCUT2D eigenvalue weighted by atomic mass is 16.4. The van der Waals surface area contributed by atoms with Crippen LogP contribution in [0.5, 0.6) is 0 Å². The molecular weight excluding hydrogens is 388 g/mol. The highest BCUT2D eigenvalue weighted by Gasteiger charge is 2.17. The summed E-state index contributed by atoms with van der Waals surface area (Å²) in [5.74, 6) is 0.333. The van der Waals surface area contributed by atoms with E-state index < -0.39 is 0 Å². The van der Waals surface area contributed by atoms with E-state index in [0.29, 0.717) is 24.6 Å². The van der Waals surface area contributed by atoms with Gasteiger partial charge in [0.1, 0.15) is 12.1 Å². The molecule has 5 heteroatoms. The molecule has 3 aromatic rings. The van der Waals surface area contributed by atoms with Gasteiger partial charge in [-0.2, -0.15) is 0 Å². The number of amides is 1. The van der Waals surface area contributed by atoms with Crippen LogP contribution in [0, 0.1) is 27.7 Å². The van der Waals surface area contributed by atoms with Gasteiger partial charge in [0, 0.05) is 22.7 Å². The Bertz CT molecular complexity index is 1170. The second kappa shape index (κ2) is 9.06. The zero-order valence-corrected chi connectivity index (χ0v) is 19.6. The summed E-state index contributed by atoms with van der Waals surface area (Å²) < 4.78 is 5.45. The molecule has 164 valence electrons. The molecule has 1 amide bonds. The van der Waals surface area contributed by atoms with Crippen LogP contribution in [-0.4, -0.2) is 19.5 Å². The van der Waals surface area contributed by atoms with Gasteiger partial charge in [-0.15, -0.1) is 0 Å². The fraction of sp³-hybridized carbons (Fsp3) is 0.385. The number of carbonyl (C=O) groups excluding carboxylic acids is 1. The average molecular weight is 422 g/mol. The molecule has 0 saturated heterocycles. The number of carbonyl (C=O) groups is 1. The number of anilines is 1. The van der Waals surface area contributed by atoms with E-state index in [-0.39, 0.29) is 11.5 Å². The molecule has 2 N–H and O–H groups in total. The van der Waals surface area contributed by atoms with Gasteiger partial charge >= 0.3 is 5.63 Å². The predicted octanol–water partition coefficient (Wildman–Crippen LogP) is 3.80. The number of aryl methyl sites for hydroxylation is 4. The number of benzene rings is 2. The van der Waals surface area contributed by atoms with Crippen LogP contribution >= 0.6 is 0 Å². The lowest BCUT2D eigenvalue weighted by molar-refractivity contribution is -0.885. The Morgan fingerprint density at radius 3 is 2.26 bits per heavy atom. The first-order valence-corrected chi connectivity index (χ1v) is 10.8. The van der Waals surface area contributed by atoms with Crippen molar-refractivity contribution < 1.29 is 14.1 Å². The van der Waals surface area contributed by atoms with Crippen molar-refractivity contribution in [2.45, 2.75) is 54.0 Å². The monoisotopic (exact) mass is 421 g/mol. The van der Waals surface area contributed by atoms with Gasteiger partial charge in [0.2, 0.25) is 0 Å². The minimum Gasteiger partial charge on any atom is -0.423 e. The Kier molecular flexibility index (Phi) is 6.65. The van der Waals surface area contributed by atoms with E-state index in [2.05, 4.69) is 44.3 Å². The molecule has 1 atom stereocenters. The van der Waals surface area contributed by atoms with Crippen LogP contribution in [0.1, 0.15) is 53.1 Å². The van der Waals surface area contributed by atoms with Crippen molar-refractivity contribution >= 4 is 22.6 Å². The van der Waals surface area contributed by atoms with Gasteiger partial charge in [-0.05, 0) is 68.0 Å². The molecule has 1 heterocycles. The second-order valence-electron chi connectivity index (χ2n) is 9.08. The number of hydrogen-bond acceptors (Lipinski definition) is 3. The quantitative estimate of drug-likeness (QED) is 0.595. The fourth-order valence-electron chi connectivity index (χ4n) is 4.38. The van der Waals surface area contributed by atoms with Crippen molar-refractivity contribution in [1.82, 2.24) is 0 Å². The third-order valence-electron chi connectivity index (χ3n) is 5.73. The number of likely N-dealkylation sites (N-methyl/N-ethyl adjacent to an activating group) is 1. The Morgan fingerprint density at radius 1 is 1.00 bits per heavy atom. The number of nitrogens with one attached hydrogen (secondary N) is 2. The summed E-state index contributed by atoms with van der Waals surface area (Å²) in [5, 5.41) is 4.01. The van der Waals surface area contributed by atoms with E-state index in [1.807, 2.05) is 33.9 Å². The molecular formula is C26H33N2O3+. The van der Waals surface area contributed by atoms with Crippen LogP contribution in [-0.2, 0) is 11.3 Å². The largest absolute Gasteiger partial charge is 0.423 e. The van der Waals surface area contributed by atoms with Gasteiger partial charge < -0.3 is 14.6 Å². The molecule has 3 rings (SSSR count). The first-order valence-electron chi connectivity index (χ1n) is 10.8. The van der Waals surface area contributed by atoms with Gasteiger partial charge in [-0.3, -0.25) is 4.79 Å². The van der Waals surface area contributed by atoms with Crippen LogP contribution in [0.2, 0.25) is 0 Å². The third kappa shape index (κ3) is 5.23. The number of fused-ring (bicyclic) bond motifs is 1. The Labute approximate surface area is 184 Å². The Hall–Kier alpha value is -2.92. The van der Waals surface area contributed by atoms with Gasteiger partial charge in [0.25, 0.3) is 5.91 Å². The summed E-state index contributed by atoms with van der Waals surface area (Å²) in [6, 6.07) is 9.77. The van der Waals surface area contributed by atoms with Gasteiger partial charge in [-0.25, -0.2) is 4.79 Å². The highest BCUT2D eigenvalue weighted by molar-refractivity contribution is 5.93. The van der Waals surface area contributed by atoms with Crippen molar-refractivity contribution in [2.75, 3.05) is 18.9 Å². The van der Waals surface area contributed by atoms with Crippen LogP contribution in [0.25, 0.3) is 11.0 Å². The topological polar surface area (TPSA) is 63.8 Å². The number of hydrogen-bond donors (Lipinski definition) is 2. The van der Waals surface area contributed by atoms with E-state index in [0.717, 1.165) is 38.2 Å². The molecule has 31 heavy (non-hydrogen) atoms. The fourth-order valence-corrected chi connectivity index (χ4v) is 4.38. The molecule has 1 unspecified atom stereocenters. The molecule has 2 aromatic carbocycles. The van der Waals surface area contributed by atoms with E-state index in [1.165, 1.54) is 11.1 Å². The lowest BCUT2D eigenvalue weighted by Crippen LogP contribution is -3.08. The summed E-state index contributed by atoms with van der Waals surface area (Å²) in [5.41, 5.74) is 7.69. The minimum atomic E-state index is -0.359. The average Bonchev–Trinajstić information content (AvgIpc) is 2.63. The SMILES string of the molecule is Cc1cc(C)c(NC(=O)C[NH+](C)Cc2cc(=O)oc3cc(C)c(C(C)C)cc23)c(C)c1. The Morgan fingerprint density at radius 2 is 1.65 bits per heavy atom. The zero-order chi connectivity index (χ0) is 22.9. The Balaban J connectivity index is 1.81. The second-order valence-corrected chi connectivity index (χ2v) is 9.08. The molecule has 0 spiro atoms. The van der Waals surface area contributed by atoms with Crippen LogP contribution < -0.4 is 15.8 Å². The highest BCUT2D eigenvalue weighted by Crippen LogP contribution is 2.26. The first kappa shape index (κ1) is 22.8. The summed E-state index contributed by atoms with van der Waals surface area (Å²) in [4.78, 5) is 25.8. The van der Waals surface area contributed by atoms with E-state index >= 15 is 0 Å². The van der Waals surface area contributed by atoms with Crippen LogP contribution in [0.4, 0.5) is 5.69 Å². The smallest absolute Gasteiger partial charge is 0.336 e. The summed E-state index contributed by atoms with van der Waals surface area (Å²) in [6.07, 6.45) is 0. The lowest BCUT2D eigenvalue weighted by atomic mass is 9.95. The van der Waals surface area contributed by atoms with Crippen molar-refractivity contribution in [3.8, 4) is 0 Å². The van der Waals surface area contributed by atoms with Crippen molar-refractivity contribution in [1.29, 1.82) is 0 Å². The number of rotatable bonds is 6. The van der Waals surface area contributed by atoms with E-state index in [9.17, 15) is 9.59 Å². The van der Waals surface area contributed by atoms with Crippen LogP contribution in [0.3, 0.4) is 0 Å². The van der Waals surface area contributed by atoms with E-state index in [4.69, 9.17) is 4.42 Å². The van der Waals surface area contributed by atoms with Crippen molar-refractivity contribution in [3.05, 3.63) is 74.1 Å².